The summed E-state index contributed by atoms with van der Waals surface area (Å²) < 4.78 is 0. The van der Waals surface area contributed by atoms with E-state index in [1.807, 2.05) is 6.92 Å². The second kappa shape index (κ2) is 6.22. The van der Waals surface area contributed by atoms with E-state index in [1.165, 1.54) is 25.3 Å². The van der Waals surface area contributed by atoms with E-state index in [1.54, 1.807) is 12.1 Å². The Bertz CT molecular complexity index is 482. The van der Waals surface area contributed by atoms with Crippen LogP contribution in [0, 0.1) is 22.5 Å². The lowest BCUT2D eigenvalue weighted by Gasteiger charge is -2.36. The molecular formula is C15H22N2O3. The van der Waals surface area contributed by atoms with E-state index >= 15 is 0 Å². The van der Waals surface area contributed by atoms with Crippen LogP contribution in [0.1, 0.15) is 37.7 Å². The molecule has 110 valence electrons. The monoisotopic (exact) mass is 278 g/mol. The van der Waals surface area contributed by atoms with Gasteiger partial charge in [0.2, 0.25) is 0 Å². The van der Waals surface area contributed by atoms with Crippen molar-refractivity contribution in [2.75, 3.05) is 18.5 Å². The van der Waals surface area contributed by atoms with Crippen molar-refractivity contribution in [3.8, 4) is 0 Å². The van der Waals surface area contributed by atoms with Gasteiger partial charge in [0.1, 0.15) is 0 Å². The number of aryl methyl sites for hydroxylation is 1. The Morgan fingerprint density at radius 2 is 2.05 bits per heavy atom. The number of nitrogens with one attached hydrogen (secondary N) is 1. The molecule has 1 saturated carbocycles. The molecule has 0 aromatic heterocycles. The normalized spacial score (nSPS) is 17.7. The number of aliphatic hydroxyl groups is 1. The summed E-state index contributed by atoms with van der Waals surface area (Å²) in [6.07, 6.45) is 5.67. The first-order valence-electron chi connectivity index (χ1n) is 7.16. The summed E-state index contributed by atoms with van der Waals surface area (Å²) in [5, 5.41) is 23.8. The Balaban J connectivity index is 2.04. The molecule has 1 aliphatic rings. The van der Waals surface area contributed by atoms with E-state index in [0.29, 0.717) is 0 Å². The molecule has 1 aromatic rings. The average molecular weight is 278 g/mol. The maximum atomic E-state index is 10.7. The Hall–Kier alpha value is -1.62. The van der Waals surface area contributed by atoms with Crippen LogP contribution >= 0.6 is 0 Å². The van der Waals surface area contributed by atoms with Gasteiger partial charge in [0, 0.05) is 29.8 Å². The summed E-state index contributed by atoms with van der Waals surface area (Å²) >= 11 is 0. The lowest BCUT2D eigenvalue weighted by molar-refractivity contribution is -0.384. The van der Waals surface area contributed by atoms with E-state index in [4.69, 9.17) is 0 Å². The minimum Gasteiger partial charge on any atom is -0.396 e. The number of aliphatic hydroxyl groups excluding tert-OH is 1. The molecule has 1 aliphatic carbocycles. The fraction of sp³-hybridized carbons (Fsp3) is 0.600. The number of non-ortho nitro benzene ring substituents is 1. The molecule has 0 spiro atoms. The lowest BCUT2D eigenvalue weighted by atomic mass is 9.74. The van der Waals surface area contributed by atoms with Crippen LogP contribution in [0.25, 0.3) is 0 Å². The van der Waals surface area contributed by atoms with Crippen molar-refractivity contribution >= 4 is 11.4 Å². The topological polar surface area (TPSA) is 75.4 Å². The predicted molar refractivity (Wildman–Crippen MR) is 78.9 cm³/mol. The van der Waals surface area contributed by atoms with Crippen LogP contribution in [0.4, 0.5) is 11.4 Å². The first-order valence-corrected chi connectivity index (χ1v) is 7.16. The van der Waals surface area contributed by atoms with Crippen LogP contribution in [0.2, 0.25) is 0 Å². The maximum absolute atomic E-state index is 10.7. The molecule has 0 amide bonds. The van der Waals surface area contributed by atoms with Gasteiger partial charge in [-0.15, -0.1) is 0 Å². The Morgan fingerprint density at radius 1 is 1.35 bits per heavy atom. The Morgan fingerprint density at radius 3 is 2.60 bits per heavy atom. The second-order valence-electron chi connectivity index (χ2n) is 5.83. The number of hydrogen-bond donors (Lipinski definition) is 2. The van der Waals surface area contributed by atoms with E-state index in [9.17, 15) is 15.2 Å². The van der Waals surface area contributed by atoms with Crippen LogP contribution in [0.3, 0.4) is 0 Å². The summed E-state index contributed by atoms with van der Waals surface area (Å²) in [4.78, 5) is 10.3. The maximum Gasteiger partial charge on any atom is 0.269 e. The zero-order valence-corrected chi connectivity index (χ0v) is 11.9. The van der Waals surface area contributed by atoms with Crippen LogP contribution < -0.4 is 5.32 Å². The van der Waals surface area contributed by atoms with Gasteiger partial charge in [-0.2, -0.15) is 0 Å². The third-order valence-corrected chi connectivity index (χ3v) is 4.32. The molecule has 0 unspecified atom stereocenters. The van der Waals surface area contributed by atoms with Crippen molar-refractivity contribution < 1.29 is 10.0 Å². The van der Waals surface area contributed by atoms with Gasteiger partial charge in [0.25, 0.3) is 5.69 Å². The van der Waals surface area contributed by atoms with Crippen molar-refractivity contribution in [2.45, 2.75) is 39.0 Å². The van der Waals surface area contributed by atoms with E-state index in [0.717, 1.165) is 30.6 Å². The van der Waals surface area contributed by atoms with E-state index in [-0.39, 0.29) is 22.6 Å². The largest absolute Gasteiger partial charge is 0.396 e. The molecule has 0 saturated heterocycles. The van der Waals surface area contributed by atoms with Crippen molar-refractivity contribution in [3.63, 3.8) is 0 Å². The zero-order chi connectivity index (χ0) is 14.6. The number of anilines is 1. The summed E-state index contributed by atoms with van der Waals surface area (Å²) in [5.74, 6) is 0. The fourth-order valence-electron chi connectivity index (χ4n) is 2.94. The molecule has 1 fully saturated rings. The number of nitro groups is 1. The van der Waals surface area contributed by atoms with Crippen molar-refractivity contribution in [1.82, 2.24) is 0 Å². The predicted octanol–water partition coefficient (Wildman–Crippen LogP) is 3.26. The second-order valence-corrected chi connectivity index (χ2v) is 5.83. The number of nitrogens with zero attached hydrogens (tertiary/aromatic N) is 1. The minimum absolute atomic E-state index is 0.0353. The van der Waals surface area contributed by atoms with Gasteiger partial charge in [0.15, 0.2) is 0 Å². The Labute approximate surface area is 119 Å². The van der Waals surface area contributed by atoms with Crippen LogP contribution in [0.5, 0.6) is 0 Å². The highest BCUT2D eigenvalue weighted by molar-refractivity contribution is 5.55. The SMILES string of the molecule is Cc1cc([N+](=O)[O-])ccc1NCC1(CO)CCCCC1. The third kappa shape index (κ3) is 3.28. The zero-order valence-electron chi connectivity index (χ0n) is 11.9. The smallest absolute Gasteiger partial charge is 0.269 e. The molecule has 2 rings (SSSR count). The van der Waals surface area contributed by atoms with Gasteiger partial charge in [-0.25, -0.2) is 0 Å². The van der Waals surface area contributed by atoms with Crippen molar-refractivity contribution in [3.05, 3.63) is 33.9 Å². The first kappa shape index (κ1) is 14.8. The van der Waals surface area contributed by atoms with Crippen LogP contribution in [-0.4, -0.2) is 23.2 Å². The quantitative estimate of drug-likeness (QED) is 0.640. The highest BCUT2D eigenvalue weighted by Gasteiger charge is 2.31. The molecule has 5 heteroatoms. The van der Waals surface area contributed by atoms with Crippen LogP contribution in [-0.2, 0) is 0 Å². The van der Waals surface area contributed by atoms with Gasteiger partial charge in [-0.05, 0) is 31.4 Å². The third-order valence-electron chi connectivity index (χ3n) is 4.32. The van der Waals surface area contributed by atoms with Crippen molar-refractivity contribution in [1.29, 1.82) is 0 Å². The van der Waals surface area contributed by atoms with Gasteiger partial charge >= 0.3 is 0 Å². The average Bonchev–Trinajstić information content (AvgIpc) is 2.47. The molecule has 0 bridgehead atoms. The molecule has 0 heterocycles. The molecule has 20 heavy (non-hydrogen) atoms. The molecule has 1 aromatic carbocycles. The number of hydrogen-bond acceptors (Lipinski definition) is 4. The molecule has 2 N–H and O–H groups in total. The highest BCUT2D eigenvalue weighted by Crippen LogP contribution is 2.36. The molecule has 5 nitrogen and oxygen atoms in total. The highest BCUT2D eigenvalue weighted by atomic mass is 16.6. The van der Waals surface area contributed by atoms with E-state index < -0.39 is 0 Å². The first-order chi connectivity index (χ1) is 9.56. The minimum atomic E-state index is -0.382. The number of benzene rings is 1. The summed E-state index contributed by atoms with van der Waals surface area (Å²) in [7, 11) is 0. The molecule has 0 aliphatic heterocycles. The Kier molecular flexibility index (Phi) is 4.60. The van der Waals surface area contributed by atoms with Gasteiger partial charge < -0.3 is 10.4 Å². The van der Waals surface area contributed by atoms with Crippen LogP contribution in [0.15, 0.2) is 18.2 Å². The molecule has 0 atom stereocenters. The van der Waals surface area contributed by atoms with E-state index in [2.05, 4.69) is 5.32 Å². The summed E-state index contributed by atoms with van der Waals surface area (Å²) in [5.41, 5.74) is 1.85. The summed E-state index contributed by atoms with van der Waals surface area (Å²) in [6, 6.07) is 4.85. The van der Waals surface area contributed by atoms with Gasteiger partial charge in [0.05, 0.1) is 11.5 Å². The number of nitro benzene ring substituents is 1. The number of rotatable bonds is 5. The summed E-state index contributed by atoms with van der Waals surface area (Å²) in [6.45, 7) is 2.79. The molecular weight excluding hydrogens is 256 g/mol. The fourth-order valence-corrected chi connectivity index (χ4v) is 2.94. The standard InChI is InChI=1S/C15H22N2O3/c1-12-9-13(17(19)20)5-6-14(12)16-10-15(11-18)7-3-2-4-8-15/h5-6,9,16,18H,2-4,7-8,10-11H2,1H3. The van der Waals surface area contributed by atoms with Crippen molar-refractivity contribution in [2.24, 2.45) is 5.41 Å². The lowest BCUT2D eigenvalue weighted by Crippen LogP contribution is -2.35. The van der Waals surface area contributed by atoms with Gasteiger partial charge in [-0.1, -0.05) is 19.3 Å². The van der Waals surface area contributed by atoms with Gasteiger partial charge in [-0.3, -0.25) is 10.1 Å². The molecule has 0 radical (unpaired) electrons.